The van der Waals surface area contributed by atoms with E-state index < -0.39 is 5.97 Å². The number of halogens is 1. The SMILES string of the molecule is CCC(CC1CC1C(=O)O)c1ccccc1Br. The van der Waals surface area contributed by atoms with Gasteiger partial charge in [0.05, 0.1) is 5.92 Å². The van der Waals surface area contributed by atoms with Gasteiger partial charge in [-0.05, 0) is 42.7 Å². The molecule has 0 aliphatic heterocycles. The van der Waals surface area contributed by atoms with E-state index in [-0.39, 0.29) is 5.92 Å². The minimum absolute atomic E-state index is 0.0912. The molecular formula is C14H17BrO2. The van der Waals surface area contributed by atoms with Gasteiger partial charge >= 0.3 is 5.97 Å². The van der Waals surface area contributed by atoms with Gasteiger partial charge in [-0.15, -0.1) is 0 Å². The summed E-state index contributed by atoms with van der Waals surface area (Å²) in [5, 5.41) is 8.93. The Hall–Kier alpha value is -0.830. The fourth-order valence-electron chi connectivity index (χ4n) is 2.50. The molecule has 0 saturated heterocycles. The summed E-state index contributed by atoms with van der Waals surface area (Å²) in [6.07, 6.45) is 2.91. The lowest BCUT2D eigenvalue weighted by Gasteiger charge is -2.16. The van der Waals surface area contributed by atoms with E-state index in [4.69, 9.17) is 5.11 Å². The molecular weight excluding hydrogens is 280 g/mol. The van der Waals surface area contributed by atoms with E-state index in [0.29, 0.717) is 11.8 Å². The Labute approximate surface area is 110 Å². The number of aliphatic carboxylic acids is 1. The highest BCUT2D eigenvalue weighted by Gasteiger charge is 2.43. The first-order chi connectivity index (χ1) is 8.13. The highest BCUT2D eigenvalue weighted by Crippen LogP contribution is 2.46. The number of carboxylic acid groups (broad SMARTS) is 1. The van der Waals surface area contributed by atoms with Crippen molar-refractivity contribution in [2.75, 3.05) is 0 Å². The van der Waals surface area contributed by atoms with Crippen LogP contribution < -0.4 is 0 Å². The molecule has 1 aromatic rings. The molecule has 0 amide bonds. The maximum absolute atomic E-state index is 10.8. The van der Waals surface area contributed by atoms with E-state index >= 15 is 0 Å². The number of rotatable bonds is 5. The molecule has 1 saturated carbocycles. The van der Waals surface area contributed by atoms with Crippen LogP contribution in [0.25, 0.3) is 0 Å². The van der Waals surface area contributed by atoms with E-state index in [9.17, 15) is 4.79 Å². The first-order valence-corrected chi connectivity index (χ1v) is 6.90. The first kappa shape index (κ1) is 12.6. The average Bonchev–Trinajstić information content (AvgIpc) is 3.06. The molecule has 2 rings (SSSR count). The van der Waals surface area contributed by atoms with Crippen LogP contribution >= 0.6 is 15.9 Å². The monoisotopic (exact) mass is 296 g/mol. The Kier molecular flexibility index (Phi) is 3.87. The van der Waals surface area contributed by atoms with Crippen molar-refractivity contribution in [3.8, 4) is 0 Å². The second-order valence-electron chi connectivity index (χ2n) is 4.80. The van der Waals surface area contributed by atoms with Crippen LogP contribution in [0.4, 0.5) is 0 Å². The Morgan fingerprint density at radius 1 is 1.53 bits per heavy atom. The lowest BCUT2D eigenvalue weighted by Crippen LogP contribution is -2.04. The van der Waals surface area contributed by atoms with Gasteiger partial charge in [0.1, 0.15) is 0 Å². The quantitative estimate of drug-likeness (QED) is 0.890. The van der Waals surface area contributed by atoms with E-state index in [1.807, 2.05) is 12.1 Å². The Balaban J connectivity index is 2.03. The molecule has 0 bridgehead atoms. The number of hydrogen-bond donors (Lipinski definition) is 1. The molecule has 1 aromatic carbocycles. The molecule has 1 aliphatic rings. The van der Waals surface area contributed by atoms with Crippen molar-refractivity contribution in [2.45, 2.75) is 32.1 Å². The van der Waals surface area contributed by atoms with Crippen LogP contribution in [0.3, 0.4) is 0 Å². The van der Waals surface area contributed by atoms with E-state index in [1.54, 1.807) is 0 Å². The third kappa shape index (κ3) is 2.89. The highest BCUT2D eigenvalue weighted by molar-refractivity contribution is 9.10. The van der Waals surface area contributed by atoms with E-state index in [1.165, 1.54) is 5.56 Å². The molecule has 92 valence electrons. The predicted octanol–water partition coefficient (Wildman–Crippen LogP) is 4.05. The average molecular weight is 297 g/mol. The molecule has 3 unspecified atom stereocenters. The van der Waals surface area contributed by atoms with Gasteiger partial charge in [-0.25, -0.2) is 0 Å². The third-order valence-corrected chi connectivity index (χ3v) is 4.39. The maximum atomic E-state index is 10.8. The molecule has 2 nitrogen and oxygen atoms in total. The van der Waals surface area contributed by atoms with E-state index in [2.05, 4.69) is 35.0 Å². The Bertz CT molecular complexity index is 416. The fraction of sp³-hybridized carbons (Fsp3) is 0.500. The largest absolute Gasteiger partial charge is 0.481 e. The standard InChI is InChI=1S/C14H17BrO2/c1-2-9(7-10-8-12(10)14(16)17)11-5-3-4-6-13(11)15/h3-6,9-10,12H,2,7-8H2,1H3,(H,16,17). The van der Waals surface area contributed by atoms with Gasteiger partial charge < -0.3 is 5.11 Å². The van der Waals surface area contributed by atoms with Crippen molar-refractivity contribution in [3.05, 3.63) is 34.3 Å². The minimum Gasteiger partial charge on any atom is -0.481 e. The molecule has 17 heavy (non-hydrogen) atoms. The summed E-state index contributed by atoms with van der Waals surface area (Å²) in [4.78, 5) is 10.8. The van der Waals surface area contributed by atoms with Crippen LogP contribution in [0.15, 0.2) is 28.7 Å². The number of hydrogen-bond acceptors (Lipinski definition) is 1. The van der Waals surface area contributed by atoms with Crippen molar-refractivity contribution in [1.82, 2.24) is 0 Å². The minimum atomic E-state index is -0.628. The second-order valence-corrected chi connectivity index (χ2v) is 5.66. The lowest BCUT2D eigenvalue weighted by molar-refractivity contribution is -0.138. The topological polar surface area (TPSA) is 37.3 Å². The van der Waals surface area contributed by atoms with Crippen LogP contribution in [-0.4, -0.2) is 11.1 Å². The molecule has 0 radical (unpaired) electrons. The van der Waals surface area contributed by atoms with Crippen LogP contribution in [-0.2, 0) is 4.79 Å². The molecule has 1 N–H and O–H groups in total. The third-order valence-electron chi connectivity index (χ3n) is 3.66. The van der Waals surface area contributed by atoms with Crippen molar-refractivity contribution < 1.29 is 9.90 Å². The lowest BCUT2D eigenvalue weighted by atomic mass is 9.91. The number of carboxylic acids is 1. The maximum Gasteiger partial charge on any atom is 0.306 e. The molecule has 3 heteroatoms. The van der Waals surface area contributed by atoms with Crippen LogP contribution in [0.5, 0.6) is 0 Å². The van der Waals surface area contributed by atoms with Crippen molar-refractivity contribution in [3.63, 3.8) is 0 Å². The zero-order chi connectivity index (χ0) is 12.4. The van der Waals surface area contributed by atoms with E-state index in [0.717, 1.165) is 23.7 Å². The van der Waals surface area contributed by atoms with Gasteiger partial charge in [-0.2, -0.15) is 0 Å². The second kappa shape index (κ2) is 5.21. The zero-order valence-electron chi connectivity index (χ0n) is 9.90. The molecule has 0 spiro atoms. The summed E-state index contributed by atoms with van der Waals surface area (Å²) in [6.45, 7) is 2.17. The van der Waals surface area contributed by atoms with Gasteiger partial charge in [0.25, 0.3) is 0 Å². The summed E-state index contributed by atoms with van der Waals surface area (Å²) < 4.78 is 1.14. The summed E-state index contributed by atoms with van der Waals surface area (Å²) in [6, 6.07) is 8.25. The zero-order valence-corrected chi connectivity index (χ0v) is 11.5. The predicted molar refractivity (Wildman–Crippen MR) is 71.0 cm³/mol. The summed E-state index contributed by atoms with van der Waals surface area (Å²) >= 11 is 3.58. The first-order valence-electron chi connectivity index (χ1n) is 6.10. The highest BCUT2D eigenvalue weighted by atomic mass is 79.9. The van der Waals surface area contributed by atoms with Gasteiger partial charge in [-0.1, -0.05) is 41.1 Å². The molecule has 0 heterocycles. The van der Waals surface area contributed by atoms with Crippen LogP contribution in [0, 0.1) is 11.8 Å². The van der Waals surface area contributed by atoms with Crippen LogP contribution in [0.1, 0.15) is 37.7 Å². The molecule has 1 fully saturated rings. The number of benzene rings is 1. The fourth-order valence-corrected chi connectivity index (χ4v) is 3.10. The van der Waals surface area contributed by atoms with Crippen molar-refractivity contribution >= 4 is 21.9 Å². The van der Waals surface area contributed by atoms with Crippen molar-refractivity contribution in [1.29, 1.82) is 0 Å². The normalized spacial score (nSPS) is 24.4. The van der Waals surface area contributed by atoms with Crippen LogP contribution in [0.2, 0.25) is 0 Å². The Morgan fingerprint density at radius 2 is 2.24 bits per heavy atom. The van der Waals surface area contributed by atoms with Gasteiger partial charge in [0, 0.05) is 4.47 Å². The summed E-state index contributed by atoms with van der Waals surface area (Å²) in [5.74, 6) is 0.132. The number of carbonyl (C=O) groups is 1. The van der Waals surface area contributed by atoms with Gasteiger partial charge in [0.15, 0.2) is 0 Å². The van der Waals surface area contributed by atoms with Gasteiger partial charge in [-0.3, -0.25) is 4.79 Å². The van der Waals surface area contributed by atoms with Crippen molar-refractivity contribution in [2.24, 2.45) is 11.8 Å². The summed E-state index contributed by atoms with van der Waals surface area (Å²) in [7, 11) is 0. The molecule has 0 aromatic heterocycles. The smallest absolute Gasteiger partial charge is 0.306 e. The van der Waals surface area contributed by atoms with Gasteiger partial charge in [0.2, 0.25) is 0 Å². The summed E-state index contributed by atoms with van der Waals surface area (Å²) in [5.41, 5.74) is 1.31. The molecule has 1 aliphatic carbocycles. The molecule has 3 atom stereocenters. The Morgan fingerprint density at radius 3 is 2.76 bits per heavy atom.